The summed E-state index contributed by atoms with van der Waals surface area (Å²) >= 11 is -2.99. The van der Waals surface area contributed by atoms with Gasteiger partial charge in [0.05, 0.1) is 0 Å². The van der Waals surface area contributed by atoms with Gasteiger partial charge in [0.15, 0.2) is 0 Å². The van der Waals surface area contributed by atoms with Gasteiger partial charge in [-0.2, -0.15) is 0 Å². The molecule has 0 radical (unpaired) electrons. The Hall–Kier alpha value is 1.07. The molecule has 0 saturated carbocycles. The van der Waals surface area contributed by atoms with Gasteiger partial charge in [-0.1, -0.05) is 0 Å². The molecule has 0 fully saturated rings. The molecule has 0 amide bonds. The van der Waals surface area contributed by atoms with Crippen LogP contribution in [0, 0.1) is 31.6 Å². The van der Waals surface area contributed by atoms with Crippen molar-refractivity contribution in [1.29, 1.82) is 0 Å². The normalized spacial score (nSPS) is 14.1. The average molecular weight is 358 g/mol. The minimum atomic E-state index is -2.99. The summed E-state index contributed by atoms with van der Waals surface area (Å²) in [5.41, 5.74) is -0.575. The molecule has 0 heterocycles. The third-order valence-corrected chi connectivity index (χ3v) is 9.82. The Kier molecular flexibility index (Phi) is 6.20. The van der Waals surface area contributed by atoms with Crippen molar-refractivity contribution in [3.63, 3.8) is 0 Å². The fourth-order valence-corrected chi connectivity index (χ4v) is 6.83. The first-order chi connectivity index (χ1) is 6.79. The summed E-state index contributed by atoms with van der Waals surface area (Å²) in [6.45, 7) is 18.4. The summed E-state index contributed by atoms with van der Waals surface area (Å²) in [5, 5.41) is 0. The monoisotopic (exact) mass is 358 g/mol. The summed E-state index contributed by atoms with van der Waals surface area (Å²) in [6, 6.07) is 0. The van der Waals surface area contributed by atoms with Crippen LogP contribution in [0.4, 0.5) is 0 Å². The molecule has 16 heavy (non-hydrogen) atoms. The van der Waals surface area contributed by atoms with Crippen molar-refractivity contribution >= 4 is 0 Å². The van der Waals surface area contributed by atoms with Crippen molar-refractivity contribution in [3.05, 3.63) is 0 Å². The van der Waals surface area contributed by atoms with Crippen molar-refractivity contribution < 1.29 is 36.7 Å². The summed E-state index contributed by atoms with van der Waals surface area (Å²) in [6.07, 6.45) is 0. The van der Waals surface area contributed by atoms with Crippen molar-refractivity contribution in [2.75, 3.05) is 0 Å². The molecular formula is C12H27LaO3. The first kappa shape index (κ1) is 17.1. The quantitative estimate of drug-likeness (QED) is 0.768. The molecule has 3 nitrogen and oxygen atoms in total. The Morgan fingerprint density at radius 1 is 0.500 bits per heavy atom. The van der Waals surface area contributed by atoms with Gasteiger partial charge in [-0.25, -0.2) is 0 Å². The fourth-order valence-electron chi connectivity index (χ4n) is 0.938. The van der Waals surface area contributed by atoms with Gasteiger partial charge >= 0.3 is 116 Å². The molecule has 4 heteroatoms. The molecule has 0 atom stereocenters. The maximum atomic E-state index is 5.97. The molecule has 0 aliphatic heterocycles. The second-order valence-electron chi connectivity index (χ2n) is 6.98. The maximum absolute atomic E-state index is 5.97. The third kappa shape index (κ3) is 11.6. The third-order valence-electron chi connectivity index (χ3n) is 1.35. The summed E-state index contributed by atoms with van der Waals surface area (Å²) in [7, 11) is 0. The summed E-state index contributed by atoms with van der Waals surface area (Å²) in [5.74, 6) is 0. The van der Waals surface area contributed by atoms with Gasteiger partial charge in [0, 0.05) is 0 Å². The Labute approximate surface area is 115 Å². The molecule has 0 unspecified atom stereocenters. The van der Waals surface area contributed by atoms with E-state index >= 15 is 0 Å². The van der Waals surface area contributed by atoms with Crippen molar-refractivity contribution in [1.82, 2.24) is 0 Å². The van der Waals surface area contributed by atoms with Gasteiger partial charge in [0.2, 0.25) is 0 Å². The number of hydrogen-bond donors (Lipinski definition) is 0. The van der Waals surface area contributed by atoms with E-state index in [2.05, 4.69) is 0 Å². The van der Waals surface area contributed by atoms with E-state index in [0.29, 0.717) is 0 Å². The first-order valence-electron chi connectivity index (χ1n) is 5.82. The Morgan fingerprint density at radius 3 is 0.812 bits per heavy atom. The van der Waals surface area contributed by atoms with Crippen molar-refractivity contribution in [2.45, 2.75) is 79.1 Å². The van der Waals surface area contributed by atoms with Crippen LogP contribution in [0.1, 0.15) is 62.3 Å². The molecule has 0 bridgehead atoms. The standard InChI is InChI=1S/3C4H9O.La/c3*1-4(2,3)5;/h3*1-3H3;/q3*-1;+3. The van der Waals surface area contributed by atoms with Crippen LogP contribution in [0.5, 0.6) is 0 Å². The van der Waals surface area contributed by atoms with Crippen LogP contribution in [0.25, 0.3) is 0 Å². The molecule has 96 valence electrons. The zero-order chi connectivity index (χ0) is 13.2. The zero-order valence-corrected chi connectivity index (χ0v) is 15.9. The van der Waals surface area contributed by atoms with Crippen molar-refractivity contribution in [3.8, 4) is 0 Å². The van der Waals surface area contributed by atoms with E-state index in [1.54, 1.807) is 0 Å². The Morgan fingerprint density at radius 2 is 0.688 bits per heavy atom. The summed E-state index contributed by atoms with van der Waals surface area (Å²) < 4.78 is 17.9. The molecule has 0 aromatic heterocycles. The van der Waals surface area contributed by atoms with E-state index in [4.69, 9.17) is 5.11 Å². The molecule has 0 spiro atoms. The van der Waals surface area contributed by atoms with Crippen LogP contribution in [0.3, 0.4) is 0 Å². The number of rotatable bonds is 3. The Balaban J connectivity index is 4.53. The van der Waals surface area contributed by atoms with Crippen LogP contribution < -0.4 is 0 Å². The molecule has 0 aromatic rings. The van der Waals surface area contributed by atoms with E-state index < -0.39 is 31.6 Å². The molecule has 0 saturated heterocycles. The van der Waals surface area contributed by atoms with Gasteiger partial charge in [0.1, 0.15) is 0 Å². The first-order valence-corrected chi connectivity index (χ1v) is 10.3. The van der Waals surface area contributed by atoms with Gasteiger partial charge in [-0.15, -0.1) is 0 Å². The molecule has 0 aromatic carbocycles. The minimum absolute atomic E-state index is 0.192. The van der Waals surface area contributed by atoms with Gasteiger partial charge in [0.25, 0.3) is 0 Å². The molecule has 0 rings (SSSR count). The second-order valence-corrected chi connectivity index (χ2v) is 11.0. The molecular weight excluding hydrogens is 331 g/mol. The SMILES string of the molecule is CC(C)(C)[O][La]([O]C(C)(C)C)[O]C(C)(C)C. The molecule has 0 aliphatic carbocycles. The van der Waals surface area contributed by atoms with E-state index in [-0.39, 0.29) is 16.8 Å². The topological polar surface area (TPSA) is 27.7 Å². The number of hydrogen-bond acceptors (Lipinski definition) is 3. The van der Waals surface area contributed by atoms with Gasteiger partial charge in [-0.05, 0) is 0 Å². The van der Waals surface area contributed by atoms with Gasteiger partial charge < -0.3 is 0 Å². The zero-order valence-electron chi connectivity index (χ0n) is 12.3. The second kappa shape index (κ2) is 5.81. The van der Waals surface area contributed by atoms with E-state index in [1.165, 1.54) is 0 Å². The molecule has 0 aliphatic rings. The predicted molar refractivity (Wildman–Crippen MR) is 62.5 cm³/mol. The molecule has 0 N–H and O–H groups in total. The van der Waals surface area contributed by atoms with Crippen LogP contribution in [-0.4, -0.2) is 16.8 Å². The van der Waals surface area contributed by atoms with E-state index in [0.717, 1.165) is 0 Å². The fraction of sp³-hybridized carbons (Fsp3) is 1.00. The van der Waals surface area contributed by atoms with Crippen LogP contribution >= 0.6 is 0 Å². The van der Waals surface area contributed by atoms with E-state index in [9.17, 15) is 0 Å². The van der Waals surface area contributed by atoms with Gasteiger partial charge in [-0.3, -0.25) is 0 Å². The van der Waals surface area contributed by atoms with Crippen molar-refractivity contribution in [2.24, 2.45) is 0 Å². The van der Waals surface area contributed by atoms with E-state index in [1.807, 2.05) is 62.3 Å². The predicted octanol–water partition coefficient (Wildman–Crippen LogP) is 3.80. The summed E-state index contributed by atoms with van der Waals surface area (Å²) in [4.78, 5) is 0. The van der Waals surface area contributed by atoms with Crippen LogP contribution in [0.2, 0.25) is 0 Å². The average Bonchev–Trinajstić information content (AvgIpc) is 1.70. The van der Waals surface area contributed by atoms with Crippen LogP contribution in [0.15, 0.2) is 0 Å². The Bertz CT molecular complexity index is 170. The van der Waals surface area contributed by atoms with Crippen LogP contribution in [-0.2, 0) is 5.11 Å².